The molecule has 2 rings (SSSR count). The number of amides is 1. The first-order valence-corrected chi connectivity index (χ1v) is 7.23. The SMILES string of the molecule is CC1CCCC(NC(=O)c2cccc(N)c2Cl)C1C. The van der Waals surface area contributed by atoms with E-state index in [0.717, 1.165) is 6.42 Å². The Hall–Kier alpha value is -1.22. The van der Waals surface area contributed by atoms with Crippen LogP contribution in [0.15, 0.2) is 18.2 Å². The van der Waals surface area contributed by atoms with E-state index in [4.69, 9.17) is 17.3 Å². The van der Waals surface area contributed by atoms with Crippen molar-refractivity contribution in [3.8, 4) is 0 Å². The number of hydrogen-bond acceptors (Lipinski definition) is 2. The number of hydrogen-bond donors (Lipinski definition) is 2. The number of halogens is 1. The van der Waals surface area contributed by atoms with Crippen molar-refractivity contribution < 1.29 is 4.79 Å². The average molecular weight is 281 g/mol. The van der Waals surface area contributed by atoms with Crippen LogP contribution in [0.4, 0.5) is 5.69 Å². The molecule has 0 aliphatic heterocycles. The maximum absolute atomic E-state index is 12.3. The third-order valence-electron chi connectivity index (χ3n) is 4.30. The molecule has 0 radical (unpaired) electrons. The van der Waals surface area contributed by atoms with Crippen LogP contribution >= 0.6 is 11.6 Å². The lowest BCUT2D eigenvalue weighted by Crippen LogP contribution is -2.43. The average Bonchev–Trinajstić information content (AvgIpc) is 2.38. The third-order valence-corrected chi connectivity index (χ3v) is 4.72. The minimum Gasteiger partial charge on any atom is -0.398 e. The lowest BCUT2D eigenvalue weighted by molar-refractivity contribution is 0.0891. The summed E-state index contributed by atoms with van der Waals surface area (Å²) in [6.45, 7) is 4.45. The van der Waals surface area contributed by atoms with Gasteiger partial charge in [0.25, 0.3) is 5.91 Å². The van der Waals surface area contributed by atoms with Gasteiger partial charge in [0.05, 0.1) is 16.3 Å². The summed E-state index contributed by atoms with van der Waals surface area (Å²) in [6.07, 6.45) is 3.45. The van der Waals surface area contributed by atoms with E-state index in [1.54, 1.807) is 18.2 Å². The van der Waals surface area contributed by atoms with Gasteiger partial charge in [-0.25, -0.2) is 0 Å². The maximum Gasteiger partial charge on any atom is 0.253 e. The number of carbonyl (C=O) groups excluding carboxylic acids is 1. The molecule has 0 spiro atoms. The highest BCUT2D eigenvalue weighted by Gasteiger charge is 2.28. The minimum atomic E-state index is -0.122. The molecule has 1 amide bonds. The molecule has 1 aromatic carbocycles. The third kappa shape index (κ3) is 3.03. The van der Waals surface area contributed by atoms with Crippen molar-refractivity contribution in [1.29, 1.82) is 0 Å². The van der Waals surface area contributed by atoms with E-state index in [1.165, 1.54) is 12.8 Å². The van der Waals surface area contributed by atoms with Gasteiger partial charge in [-0.3, -0.25) is 4.79 Å². The fraction of sp³-hybridized carbons (Fsp3) is 0.533. The number of nitrogen functional groups attached to an aromatic ring is 1. The second-order valence-corrected chi connectivity index (χ2v) is 5.93. The van der Waals surface area contributed by atoms with Crippen LogP contribution in [0.25, 0.3) is 0 Å². The van der Waals surface area contributed by atoms with Gasteiger partial charge in [0.1, 0.15) is 0 Å². The Bertz CT molecular complexity index is 475. The zero-order valence-corrected chi connectivity index (χ0v) is 12.2. The van der Waals surface area contributed by atoms with Gasteiger partial charge in [-0.1, -0.05) is 44.4 Å². The predicted octanol–water partition coefficient (Wildman–Crippen LogP) is 3.48. The Morgan fingerprint density at radius 1 is 1.37 bits per heavy atom. The molecule has 0 saturated heterocycles. The van der Waals surface area contributed by atoms with Crippen molar-refractivity contribution >= 4 is 23.2 Å². The molecule has 1 aliphatic rings. The Morgan fingerprint density at radius 2 is 2.11 bits per heavy atom. The first-order valence-electron chi connectivity index (χ1n) is 6.85. The van der Waals surface area contributed by atoms with Crippen molar-refractivity contribution in [1.82, 2.24) is 5.32 Å². The number of nitrogens with two attached hydrogens (primary N) is 1. The molecule has 3 atom stereocenters. The van der Waals surface area contributed by atoms with Crippen molar-refractivity contribution in [2.45, 2.75) is 39.2 Å². The molecule has 3 unspecified atom stereocenters. The standard InChI is InChI=1S/C15H21ClN2O/c1-9-5-3-8-13(10(9)2)18-15(19)11-6-4-7-12(17)14(11)16/h4,6-7,9-10,13H,3,5,8,17H2,1-2H3,(H,18,19). The fourth-order valence-electron chi connectivity index (χ4n) is 2.76. The largest absolute Gasteiger partial charge is 0.398 e. The number of benzene rings is 1. The van der Waals surface area contributed by atoms with Crippen LogP contribution in [0.3, 0.4) is 0 Å². The zero-order valence-electron chi connectivity index (χ0n) is 11.4. The summed E-state index contributed by atoms with van der Waals surface area (Å²) in [5.74, 6) is 1.02. The summed E-state index contributed by atoms with van der Waals surface area (Å²) in [5, 5.41) is 3.45. The van der Waals surface area contributed by atoms with Gasteiger partial charge in [0, 0.05) is 6.04 Å². The summed E-state index contributed by atoms with van der Waals surface area (Å²) >= 11 is 6.09. The van der Waals surface area contributed by atoms with E-state index in [2.05, 4.69) is 19.2 Å². The molecule has 104 valence electrons. The maximum atomic E-state index is 12.3. The van der Waals surface area contributed by atoms with E-state index in [9.17, 15) is 4.79 Å². The molecule has 1 aliphatic carbocycles. The van der Waals surface area contributed by atoms with Crippen LogP contribution in [0.2, 0.25) is 5.02 Å². The molecule has 0 heterocycles. The summed E-state index contributed by atoms with van der Waals surface area (Å²) in [7, 11) is 0. The minimum absolute atomic E-state index is 0.122. The van der Waals surface area contributed by atoms with Crippen LogP contribution in [-0.2, 0) is 0 Å². The van der Waals surface area contributed by atoms with Crippen molar-refractivity contribution in [2.75, 3.05) is 5.73 Å². The van der Waals surface area contributed by atoms with Gasteiger partial charge in [0.15, 0.2) is 0 Å². The van der Waals surface area contributed by atoms with Gasteiger partial charge in [-0.05, 0) is 30.4 Å². The molecular weight excluding hydrogens is 260 g/mol. The number of anilines is 1. The van der Waals surface area contributed by atoms with Gasteiger partial charge < -0.3 is 11.1 Å². The van der Waals surface area contributed by atoms with Crippen molar-refractivity contribution in [3.05, 3.63) is 28.8 Å². The first-order chi connectivity index (χ1) is 9.00. The first kappa shape index (κ1) is 14.2. The molecule has 0 aromatic heterocycles. The predicted molar refractivity (Wildman–Crippen MR) is 79.3 cm³/mol. The summed E-state index contributed by atoms with van der Waals surface area (Å²) in [5.41, 5.74) is 6.64. The number of carbonyl (C=O) groups is 1. The molecule has 4 heteroatoms. The van der Waals surface area contributed by atoms with Crippen LogP contribution < -0.4 is 11.1 Å². The smallest absolute Gasteiger partial charge is 0.253 e. The fourth-order valence-corrected chi connectivity index (χ4v) is 2.97. The second-order valence-electron chi connectivity index (χ2n) is 5.56. The summed E-state index contributed by atoms with van der Waals surface area (Å²) < 4.78 is 0. The quantitative estimate of drug-likeness (QED) is 0.815. The van der Waals surface area contributed by atoms with E-state index >= 15 is 0 Å². The molecule has 1 saturated carbocycles. The van der Waals surface area contributed by atoms with Gasteiger partial charge >= 0.3 is 0 Å². The van der Waals surface area contributed by atoms with Crippen LogP contribution in [0.1, 0.15) is 43.5 Å². The lowest BCUT2D eigenvalue weighted by Gasteiger charge is -2.34. The van der Waals surface area contributed by atoms with Crippen molar-refractivity contribution in [2.24, 2.45) is 11.8 Å². The topological polar surface area (TPSA) is 55.1 Å². The van der Waals surface area contributed by atoms with E-state index < -0.39 is 0 Å². The van der Waals surface area contributed by atoms with E-state index in [-0.39, 0.29) is 11.9 Å². The Kier molecular flexibility index (Phi) is 4.35. The molecule has 3 N–H and O–H groups in total. The Balaban J connectivity index is 2.10. The number of nitrogens with one attached hydrogen (secondary N) is 1. The van der Waals surface area contributed by atoms with Gasteiger partial charge in [0.2, 0.25) is 0 Å². The van der Waals surface area contributed by atoms with Crippen molar-refractivity contribution in [3.63, 3.8) is 0 Å². The van der Waals surface area contributed by atoms with Gasteiger partial charge in [-0.15, -0.1) is 0 Å². The molecular formula is C15H21ClN2O. The highest BCUT2D eigenvalue weighted by molar-refractivity contribution is 6.36. The molecule has 1 fully saturated rings. The Labute approximate surface area is 119 Å². The van der Waals surface area contributed by atoms with E-state index in [0.29, 0.717) is 28.1 Å². The highest BCUT2D eigenvalue weighted by Crippen LogP contribution is 2.30. The molecule has 19 heavy (non-hydrogen) atoms. The summed E-state index contributed by atoms with van der Waals surface area (Å²) in [4.78, 5) is 12.3. The van der Waals surface area contributed by atoms with E-state index in [1.807, 2.05) is 0 Å². The number of rotatable bonds is 2. The lowest BCUT2D eigenvalue weighted by atomic mass is 9.78. The Morgan fingerprint density at radius 3 is 2.84 bits per heavy atom. The van der Waals surface area contributed by atoms with Crippen LogP contribution in [0, 0.1) is 11.8 Å². The zero-order chi connectivity index (χ0) is 14.0. The van der Waals surface area contributed by atoms with Crippen LogP contribution in [-0.4, -0.2) is 11.9 Å². The van der Waals surface area contributed by atoms with Gasteiger partial charge in [-0.2, -0.15) is 0 Å². The van der Waals surface area contributed by atoms with Crippen LogP contribution in [0.5, 0.6) is 0 Å². The summed E-state index contributed by atoms with van der Waals surface area (Å²) in [6, 6.07) is 5.40. The second kappa shape index (κ2) is 5.83. The highest BCUT2D eigenvalue weighted by atomic mass is 35.5. The molecule has 0 bridgehead atoms. The monoisotopic (exact) mass is 280 g/mol. The normalized spacial score (nSPS) is 27.0. The molecule has 3 nitrogen and oxygen atoms in total. The molecule has 1 aromatic rings.